The van der Waals surface area contributed by atoms with E-state index < -0.39 is 10.8 Å². The molecule has 1 heterocycles. The third-order valence-electron chi connectivity index (χ3n) is 2.65. The molecule has 0 aliphatic heterocycles. The second-order valence-electron chi connectivity index (χ2n) is 3.97. The molecule has 2 rings (SSSR count). The summed E-state index contributed by atoms with van der Waals surface area (Å²) in [5.41, 5.74) is 7.77. The average Bonchev–Trinajstić information content (AvgIpc) is 2.33. The van der Waals surface area contributed by atoms with Crippen molar-refractivity contribution < 1.29 is 8.60 Å². The molecule has 0 aliphatic rings. The smallest absolute Gasteiger partial charge is 0.123 e. The van der Waals surface area contributed by atoms with Gasteiger partial charge in [0.2, 0.25) is 0 Å². The largest absolute Gasteiger partial charge is 0.396 e. The Balaban J connectivity index is 2.24. The van der Waals surface area contributed by atoms with Crippen LogP contribution in [0.2, 0.25) is 0 Å². The molecule has 0 saturated carbocycles. The molecule has 3 nitrogen and oxygen atoms in total. The molecule has 2 N–H and O–H groups in total. The molecule has 0 aliphatic carbocycles. The van der Waals surface area contributed by atoms with Crippen molar-refractivity contribution in [3.05, 3.63) is 53.6 Å². The number of nitrogens with two attached hydrogens (primary N) is 1. The van der Waals surface area contributed by atoms with E-state index >= 15 is 0 Å². The Morgan fingerprint density at radius 3 is 2.83 bits per heavy atom. The zero-order valence-electron chi connectivity index (χ0n) is 9.89. The van der Waals surface area contributed by atoms with E-state index in [2.05, 4.69) is 4.98 Å². The fraction of sp³-hybridized carbons (Fsp3) is 0.154. The zero-order chi connectivity index (χ0) is 13.1. The van der Waals surface area contributed by atoms with E-state index in [9.17, 15) is 8.60 Å². The fourth-order valence-corrected chi connectivity index (χ4v) is 2.93. The van der Waals surface area contributed by atoms with Gasteiger partial charge in [0.25, 0.3) is 0 Å². The minimum absolute atomic E-state index is 0.287. The Hall–Kier alpha value is -1.75. The number of benzene rings is 1. The second kappa shape index (κ2) is 5.27. The summed E-state index contributed by atoms with van der Waals surface area (Å²) in [6.45, 7) is 1.80. The summed E-state index contributed by atoms with van der Waals surface area (Å²) in [5.74, 6) is 0.0332. The Bertz CT molecular complexity index is 601. The van der Waals surface area contributed by atoms with Crippen LogP contribution in [0.25, 0.3) is 0 Å². The first-order valence-corrected chi connectivity index (χ1v) is 6.72. The van der Waals surface area contributed by atoms with Crippen molar-refractivity contribution in [2.45, 2.75) is 17.6 Å². The minimum atomic E-state index is -1.25. The standard InChI is InChI=1S/C13H13FN2OS/c1-9-6-11(14)3-2-10(9)8-18(17)13-4-5-16-7-12(13)15/h2-7H,8,15H2,1H3. The SMILES string of the molecule is Cc1cc(F)ccc1CS(=O)c1ccncc1N. The highest BCUT2D eigenvalue weighted by atomic mass is 32.2. The summed E-state index contributed by atoms with van der Waals surface area (Å²) >= 11 is 0. The van der Waals surface area contributed by atoms with Gasteiger partial charge in [-0.25, -0.2) is 4.39 Å². The van der Waals surface area contributed by atoms with Gasteiger partial charge >= 0.3 is 0 Å². The van der Waals surface area contributed by atoms with E-state index in [1.807, 2.05) is 0 Å². The van der Waals surface area contributed by atoms with Crippen molar-refractivity contribution in [1.82, 2.24) is 4.98 Å². The maximum Gasteiger partial charge on any atom is 0.123 e. The summed E-state index contributed by atoms with van der Waals surface area (Å²) in [4.78, 5) is 4.42. The van der Waals surface area contributed by atoms with Crippen LogP contribution in [-0.2, 0) is 16.6 Å². The van der Waals surface area contributed by atoms with Crippen LogP contribution in [0.15, 0.2) is 41.6 Å². The number of hydrogen-bond acceptors (Lipinski definition) is 3. The number of hydrogen-bond donors (Lipinski definition) is 1. The van der Waals surface area contributed by atoms with Gasteiger partial charge in [-0.1, -0.05) is 6.07 Å². The number of halogens is 1. The van der Waals surface area contributed by atoms with E-state index in [0.717, 1.165) is 11.1 Å². The first-order chi connectivity index (χ1) is 8.58. The van der Waals surface area contributed by atoms with Crippen LogP contribution in [0.4, 0.5) is 10.1 Å². The first kappa shape index (κ1) is 12.7. The van der Waals surface area contributed by atoms with Gasteiger partial charge in [-0.2, -0.15) is 0 Å². The Morgan fingerprint density at radius 1 is 1.39 bits per heavy atom. The molecule has 0 bridgehead atoms. The van der Waals surface area contributed by atoms with E-state index in [4.69, 9.17) is 5.73 Å². The lowest BCUT2D eigenvalue weighted by molar-refractivity contribution is 0.626. The molecule has 0 fully saturated rings. The van der Waals surface area contributed by atoms with Crippen LogP contribution < -0.4 is 5.73 Å². The third kappa shape index (κ3) is 2.73. The lowest BCUT2D eigenvalue weighted by atomic mass is 10.1. The van der Waals surface area contributed by atoms with Gasteiger partial charge in [-0.3, -0.25) is 9.19 Å². The van der Waals surface area contributed by atoms with Crippen LogP contribution in [0.5, 0.6) is 0 Å². The summed E-state index contributed by atoms with van der Waals surface area (Å²) in [5, 5.41) is 0. The monoisotopic (exact) mass is 264 g/mol. The van der Waals surface area contributed by atoms with E-state index in [0.29, 0.717) is 16.3 Å². The van der Waals surface area contributed by atoms with Gasteiger partial charge in [-0.05, 0) is 36.2 Å². The number of rotatable bonds is 3. The van der Waals surface area contributed by atoms with Crippen molar-refractivity contribution in [2.24, 2.45) is 0 Å². The molecule has 1 unspecified atom stereocenters. The van der Waals surface area contributed by atoms with Crippen molar-refractivity contribution >= 4 is 16.5 Å². The lowest BCUT2D eigenvalue weighted by Crippen LogP contribution is -2.02. The molecule has 1 aromatic carbocycles. The molecule has 1 atom stereocenters. The molecule has 0 amide bonds. The predicted molar refractivity (Wildman–Crippen MR) is 69.9 cm³/mol. The summed E-state index contributed by atoms with van der Waals surface area (Å²) in [6.07, 6.45) is 3.03. The highest BCUT2D eigenvalue weighted by Gasteiger charge is 2.10. The van der Waals surface area contributed by atoms with Crippen LogP contribution >= 0.6 is 0 Å². The maximum atomic E-state index is 13.0. The van der Waals surface area contributed by atoms with Gasteiger partial charge in [0.1, 0.15) is 5.82 Å². The second-order valence-corrected chi connectivity index (χ2v) is 5.39. The topological polar surface area (TPSA) is 56.0 Å². The summed E-state index contributed by atoms with van der Waals surface area (Å²) in [6, 6.07) is 6.10. The number of anilines is 1. The van der Waals surface area contributed by atoms with Crippen LogP contribution in [-0.4, -0.2) is 9.19 Å². The molecule has 1 aromatic heterocycles. The molecular weight excluding hydrogens is 251 g/mol. The van der Waals surface area contributed by atoms with Crippen LogP contribution in [0.3, 0.4) is 0 Å². The molecule has 0 spiro atoms. The molecular formula is C13H13FN2OS. The Kier molecular flexibility index (Phi) is 3.72. The fourth-order valence-electron chi connectivity index (χ4n) is 1.64. The van der Waals surface area contributed by atoms with Gasteiger partial charge in [0.15, 0.2) is 0 Å². The van der Waals surface area contributed by atoms with Gasteiger partial charge < -0.3 is 5.73 Å². The Morgan fingerprint density at radius 2 is 2.17 bits per heavy atom. The van der Waals surface area contributed by atoms with Gasteiger partial charge in [0.05, 0.1) is 33.3 Å². The van der Waals surface area contributed by atoms with Crippen molar-refractivity contribution in [3.63, 3.8) is 0 Å². The number of nitrogens with zero attached hydrogens (tertiary/aromatic N) is 1. The Labute approximate surface area is 107 Å². The van der Waals surface area contributed by atoms with E-state index in [1.165, 1.54) is 18.3 Å². The molecule has 2 aromatic rings. The van der Waals surface area contributed by atoms with Crippen molar-refractivity contribution in [1.29, 1.82) is 0 Å². The molecule has 18 heavy (non-hydrogen) atoms. The molecule has 0 saturated heterocycles. The first-order valence-electron chi connectivity index (χ1n) is 5.41. The average molecular weight is 264 g/mol. The van der Waals surface area contributed by atoms with Crippen molar-refractivity contribution in [3.8, 4) is 0 Å². The lowest BCUT2D eigenvalue weighted by Gasteiger charge is -2.07. The van der Waals surface area contributed by atoms with E-state index in [1.54, 1.807) is 25.3 Å². The van der Waals surface area contributed by atoms with Crippen LogP contribution in [0.1, 0.15) is 11.1 Å². The highest BCUT2D eigenvalue weighted by Crippen LogP contribution is 2.19. The summed E-state index contributed by atoms with van der Waals surface area (Å²) < 4.78 is 25.1. The number of nitrogen functional groups attached to an aromatic ring is 1. The quantitative estimate of drug-likeness (QED) is 0.926. The zero-order valence-corrected chi connectivity index (χ0v) is 10.7. The van der Waals surface area contributed by atoms with Crippen LogP contribution in [0, 0.1) is 12.7 Å². The predicted octanol–water partition coefficient (Wildman–Crippen LogP) is 2.42. The third-order valence-corrected chi connectivity index (χ3v) is 4.08. The molecule has 94 valence electrons. The maximum absolute atomic E-state index is 13.0. The summed E-state index contributed by atoms with van der Waals surface area (Å²) in [7, 11) is -1.25. The number of aromatic nitrogens is 1. The van der Waals surface area contributed by atoms with Gasteiger partial charge in [-0.15, -0.1) is 0 Å². The normalized spacial score (nSPS) is 12.3. The molecule has 5 heteroatoms. The highest BCUT2D eigenvalue weighted by molar-refractivity contribution is 7.84. The minimum Gasteiger partial charge on any atom is -0.396 e. The number of aryl methyl sites for hydroxylation is 1. The number of pyridine rings is 1. The van der Waals surface area contributed by atoms with Crippen molar-refractivity contribution in [2.75, 3.05) is 5.73 Å². The molecule has 0 radical (unpaired) electrons. The van der Waals surface area contributed by atoms with Gasteiger partial charge in [0, 0.05) is 6.20 Å². The van der Waals surface area contributed by atoms with E-state index in [-0.39, 0.29) is 5.82 Å².